The molecule has 1 saturated carbocycles. The molecule has 0 radical (unpaired) electrons. The summed E-state index contributed by atoms with van der Waals surface area (Å²) in [5.41, 5.74) is 1.29. The largest absolute Gasteiger partial charge is 0.303 e. The van der Waals surface area contributed by atoms with Gasteiger partial charge in [-0.05, 0) is 25.2 Å². The lowest BCUT2D eigenvalue weighted by Gasteiger charge is -2.26. The van der Waals surface area contributed by atoms with Crippen molar-refractivity contribution in [3.05, 3.63) is 12.2 Å². The number of carbonyl (C=O) groups is 1. The molecule has 1 heteroatoms. The molecule has 1 nitrogen and oxygen atoms in total. The van der Waals surface area contributed by atoms with Gasteiger partial charge in [-0.2, -0.15) is 0 Å². The molecule has 0 aromatic carbocycles. The number of rotatable bonds is 2. The summed E-state index contributed by atoms with van der Waals surface area (Å²) < 4.78 is 0. The fourth-order valence-corrected chi connectivity index (χ4v) is 1.84. The second-order valence-corrected chi connectivity index (χ2v) is 3.51. The molecule has 1 rings (SSSR count). The summed E-state index contributed by atoms with van der Waals surface area (Å²) in [7, 11) is 0. The van der Waals surface area contributed by atoms with Gasteiger partial charge >= 0.3 is 0 Å². The van der Waals surface area contributed by atoms with E-state index in [-0.39, 0.29) is 5.92 Å². The first-order chi connectivity index (χ1) is 5.25. The molecule has 0 bridgehead atoms. The van der Waals surface area contributed by atoms with Crippen LogP contribution in [0, 0.1) is 11.8 Å². The number of carbonyl (C=O) groups excluding carboxylic acids is 1. The van der Waals surface area contributed by atoms with Crippen molar-refractivity contribution in [1.29, 1.82) is 0 Å². The van der Waals surface area contributed by atoms with Gasteiger partial charge in [0.05, 0.1) is 0 Å². The minimum Gasteiger partial charge on any atom is -0.303 e. The zero-order valence-electron chi connectivity index (χ0n) is 7.18. The first-order valence-corrected chi connectivity index (χ1v) is 4.38. The second-order valence-electron chi connectivity index (χ2n) is 3.51. The minimum absolute atomic E-state index is 0.183. The summed E-state index contributed by atoms with van der Waals surface area (Å²) in [6.45, 7) is 6.00. The van der Waals surface area contributed by atoms with Gasteiger partial charge < -0.3 is 4.79 Å². The van der Waals surface area contributed by atoms with Crippen molar-refractivity contribution < 1.29 is 4.79 Å². The Balaban J connectivity index is 2.53. The van der Waals surface area contributed by atoms with Gasteiger partial charge in [-0.25, -0.2) is 0 Å². The Bertz CT molecular complexity index is 160. The van der Waals surface area contributed by atoms with Crippen LogP contribution in [-0.2, 0) is 4.79 Å². The predicted molar refractivity (Wildman–Crippen MR) is 46.3 cm³/mol. The van der Waals surface area contributed by atoms with Crippen molar-refractivity contribution in [2.45, 2.75) is 32.6 Å². The maximum Gasteiger partial charge on any atom is 0.123 e. The Labute approximate surface area is 68.5 Å². The molecule has 0 heterocycles. The fraction of sp³-hybridized carbons (Fsp3) is 0.700. The van der Waals surface area contributed by atoms with Crippen molar-refractivity contribution >= 4 is 6.29 Å². The lowest BCUT2D eigenvalue weighted by molar-refractivity contribution is -0.111. The highest BCUT2D eigenvalue weighted by atomic mass is 16.1. The van der Waals surface area contributed by atoms with Crippen LogP contribution in [0.4, 0.5) is 0 Å². The highest BCUT2D eigenvalue weighted by Gasteiger charge is 2.22. The van der Waals surface area contributed by atoms with Crippen LogP contribution in [0.5, 0.6) is 0 Å². The topological polar surface area (TPSA) is 17.1 Å². The van der Waals surface area contributed by atoms with E-state index in [1.807, 2.05) is 6.92 Å². The summed E-state index contributed by atoms with van der Waals surface area (Å²) in [4.78, 5) is 10.5. The van der Waals surface area contributed by atoms with Gasteiger partial charge in [0, 0.05) is 5.92 Å². The predicted octanol–water partition coefficient (Wildman–Crippen LogP) is 2.57. The third-order valence-corrected chi connectivity index (χ3v) is 2.64. The molecule has 2 atom stereocenters. The molecule has 11 heavy (non-hydrogen) atoms. The lowest BCUT2D eigenvalue weighted by atomic mass is 9.78. The lowest BCUT2D eigenvalue weighted by Crippen LogP contribution is -2.18. The van der Waals surface area contributed by atoms with Gasteiger partial charge in [0.25, 0.3) is 0 Å². The van der Waals surface area contributed by atoms with Crippen LogP contribution in [0.3, 0.4) is 0 Å². The molecule has 0 unspecified atom stereocenters. The average molecular weight is 152 g/mol. The normalized spacial score (nSPS) is 28.1. The van der Waals surface area contributed by atoms with Crippen LogP contribution in [0.2, 0.25) is 0 Å². The molecule has 0 saturated heterocycles. The molecule has 62 valence electrons. The maximum absolute atomic E-state index is 10.5. The SMILES string of the molecule is C=C1CCCC[C@H]1[C@H](C)C=O. The van der Waals surface area contributed by atoms with Crippen molar-refractivity contribution in [2.75, 3.05) is 0 Å². The van der Waals surface area contributed by atoms with E-state index in [2.05, 4.69) is 6.58 Å². The van der Waals surface area contributed by atoms with E-state index >= 15 is 0 Å². The molecule has 0 aliphatic heterocycles. The second kappa shape index (κ2) is 3.70. The molecule has 0 aromatic rings. The molecule has 1 fully saturated rings. The molecule has 0 aromatic heterocycles. The molecule has 0 N–H and O–H groups in total. The van der Waals surface area contributed by atoms with Gasteiger partial charge in [0.2, 0.25) is 0 Å². The quantitative estimate of drug-likeness (QED) is 0.439. The number of allylic oxidation sites excluding steroid dienone is 1. The number of aldehydes is 1. The van der Waals surface area contributed by atoms with Crippen molar-refractivity contribution in [3.63, 3.8) is 0 Å². The van der Waals surface area contributed by atoms with Crippen LogP contribution >= 0.6 is 0 Å². The molecular weight excluding hydrogens is 136 g/mol. The van der Waals surface area contributed by atoms with Gasteiger partial charge in [-0.15, -0.1) is 0 Å². The molecular formula is C10H16O. The zero-order chi connectivity index (χ0) is 8.27. The monoisotopic (exact) mass is 152 g/mol. The summed E-state index contributed by atoms with van der Waals surface area (Å²) >= 11 is 0. The van der Waals surface area contributed by atoms with Crippen molar-refractivity contribution in [3.8, 4) is 0 Å². The third kappa shape index (κ3) is 1.92. The van der Waals surface area contributed by atoms with Crippen LogP contribution in [0.1, 0.15) is 32.6 Å². The highest BCUT2D eigenvalue weighted by Crippen LogP contribution is 2.32. The molecule has 0 spiro atoms. The fourth-order valence-electron chi connectivity index (χ4n) is 1.84. The van der Waals surface area contributed by atoms with E-state index in [0.29, 0.717) is 5.92 Å². The van der Waals surface area contributed by atoms with Crippen LogP contribution in [0.15, 0.2) is 12.2 Å². The molecule has 1 aliphatic rings. The Kier molecular flexibility index (Phi) is 2.86. The first kappa shape index (κ1) is 8.51. The van der Waals surface area contributed by atoms with Crippen molar-refractivity contribution in [2.24, 2.45) is 11.8 Å². The van der Waals surface area contributed by atoms with E-state index in [4.69, 9.17) is 0 Å². The van der Waals surface area contributed by atoms with Crippen molar-refractivity contribution in [1.82, 2.24) is 0 Å². The summed E-state index contributed by atoms with van der Waals surface area (Å²) in [5.74, 6) is 0.657. The van der Waals surface area contributed by atoms with Crippen LogP contribution < -0.4 is 0 Å². The maximum atomic E-state index is 10.5. The number of hydrogen-bond acceptors (Lipinski definition) is 1. The van der Waals surface area contributed by atoms with E-state index in [9.17, 15) is 4.79 Å². The molecule has 0 amide bonds. The highest BCUT2D eigenvalue weighted by molar-refractivity contribution is 5.54. The smallest absolute Gasteiger partial charge is 0.123 e. The van der Waals surface area contributed by atoms with Gasteiger partial charge in [0.15, 0.2) is 0 Å². The summed E-state index contributed by atoms with van der Waals surface area (Å²) in [5, 5.41) is 0. The zero-order valence-corrected chi connectivity index (χ0v) is 7.18. The Morgan fingerprint density at radius 1 is 1.64 bits per heavy atom. The minimum atomic E-state index is 0.183. The van der Waals surface area contributed by atoms with E-state index in [1.165, 1.54) is 24.8 Å². The van der Waals surface area contributed by atoms with E-state index < -0.39 is 0 Å². The van der Waals surface area contributed by atoms with Gasteiger partial charge in [-0.1, -0.05) is 25.5 Å². The Morgan fingerprint density at radius 3 is 2.91 bits per heavy atom. The molecule has 1 aliphatic carbocycles. The number of hydrogen-bond donors (Lipinski definition) is 0. The van der Waals surface area contributed by atoms with E-state index in [0.717, 1.165) is 12.7 Å². The van der Waals surface area contributed by atoms with E-state index in [1.54, 1.807) is 0 Å². The van der Waals surface area contributed by atoms with Crippen LogP contribution in [0.25, 0.3) is 0 Å². The Hall–Kier alpha value is -0.590. The first-order valence-electron chi connectivity index (χ1n) is 4.38. The van der Waals surface area contributed by atoms with Crippen LogP contribution in [-0.4, -0.2) is 6.29 Å². The Morgan fingerprint density at radius 2 is 2.36 bits per heavy atom. The van der Waals surface area contributed by atoms with Gasteiger partial charge in [0.1, 0.15) is 6.29 Å². The summed E-state index contributed by atoms with van der Waals surface area (Å²) in [6, 6.07) is 0. The van der Waals surface area contributed by atoms with Gasteiger partial charge in [-0.3, -0.25) is 0 Å². The third-order valence-electron chi connectivity index (χ3n) is 2.64. The summed E-state index contributed by atoms with van der Waals surface area (Å²) in [6.07, 6.45) is 5.88. The standard InChI is InChI=1S/C10H16O/c1-8-5-3-4-6-10(8)9(2)7-11/h7,9-10H,1,3-6H2,2H3/t9-,10-/m1/s1. The average Bonchev–Trinajstić information content (AvgIpc) is 2.04.